The third-order valence-electron chi connectivity index (χ3n) is 7.09. The molecule has 1 aliphatic rings. The van der Waals surface area contributed by atoms with Gasteiger partial charge in [-0.1, -0.05) is 60.2 Å². The molecular formula is C30H37N3O5S2. The van der Waals surface area contributed by atoms with Gasteiger partial charge in [0.1, 0.15) is 0 Å². The number of amides is 1. The first-order valence-corrected chi connectivity index (χ1v) is 16.3. The van der Waals surface area contributed by atoms with E-state index in [-0.39, 0.29) is 22.9 Å². The summed E-state index contributed by atoms with van der Waals surface area (Å²) < 4.78 is 55.9. The molecular weight excluding hydrogens is 546 g/mol. The maximum atomic E-state index is 13.8. The van der Waals surface area contributed by atoms with E-state index in [1.165, 1.54) is 8.61 Å². The predicted molar refractivity (Wildman–Crippen MR) is 156 cm³/mol. The van der Waals surface area contributed by atoms with E-state index in [1.54, 1.807) is 38.1 Å². The molecule has 1 heterocycles. The molecule has 0 aliphatic carbocycles. The lowest BCUT2D eigenvalue weighted by Crippen LogP contribution is -2.41. The normalized spacial score (nSPS) is 14.5. The number of rotatable bonds is 11. The fourth-order valence-electron chi connectivity index (χ4n) is 5.18. The molecule has 0 radical (unpaired) electrons. The molecule has 4 rings (SSSR count). The number of aryl methyl sites for hydroxylation is 3. The third-order valence-corrected chi connectivity index (χ3v) is 11.1. The average molecular weight is 584 g/mol. The molecule has 1 amide bonds. The maximum absolute atomic E-state index is 13.8. The molecule has 40 heavy (non-hydrogen) atoms. The Morgan fingerprint density at radius 3 is 2.05 bits per heavy atom. The van der Waals surface area contributed by atoms with E-state index in [2.05, 4.69) is 5.32 Å². The molecule has 0 saturated carbocycles. The summed E-state index contributed by atoms with van der Waals surface area (Å²) in [6, 6.07) is 19.6. The Hall–Kier alpha value is -3.05. The average Bonchev–Trinajstić information content (AvgIpc) is 3.45. The first-order chi connectivity index (χ1) is 19.0. The Bertz CT molecular complexity index is 1530. The number of benzene rings is 3. The Morgan fingerprint density at radius 2 is 1.45 bits per heavy atom. The van der Waals surface area contributed by atoms with Gasteiger partial charge in [0.2, 0.25) is 26.0 Å². The van der Waals surface area contributed by atoms with Crippen LogP contribution >= 0.6 is 0 Å². The van der Waals surface area contributed by atoms with Crippen molar-refractivity contribution in [3.63, 3.8) is 0 Å². The Labute approximate surface area is 238 Å². The largest absolute Gasteiger partial charge is 0.355 e. The van der Waals surface area contributed by atoms with Gasteiger partial charge in [-0.15, -0.1) is 0 Å². The van der Waals surface area contributed by atoms with Crippen LogP contribution in [0.15, 0.2) is 76.5 Å². The molecule has 3 aromatic carbocycles. The molecule has 1 fully saturated rings. The number of nitrogens with one attached hydrogen (secondary N) is 1. The summed E-state index contributed by atoms with van der Waals surface area (Å²) in [6.45, 7) is 6.61. The highest BCUT2D eigenvalue weighted by Crippen LogP contribution is 2.26. The summed E-state index contributed by atoms with van der Waals surface area (Å²) in [5.41, 5.74) is 3.92. The van der Waals surface area contributed by atoms with Crippen LogP contribution in [0.4, 0.5) is 0 Å². The van der Waals surface area contributed by atoms with E-state index in [1.807, 2.05) is 49.4 Å². The zero-order chi connectivity index (χ0) is 28.9. The van der Waals surface area contributed by atoms with Gasteiger partial charge in [-0.2, -0.15) is 8.61 Å². The van der Waals surface area contributed by atoms with Gasteiger partial charge in [-0.25, -0.2) is 16.8 Å². The Kier molecular flexibility index (Phi) is 9.45. The molecule has 1 saturated heterocycles. The minimum Gasteiger partial charge on any atom is -0.355 e. The Balaban J connectivity index is 1.43. The lowest BCUT2D eigenvalue weighted by Gasteiger charge is -2.24. The van der Waals surface area contributed by atoms with Gasteiger partial charge in [-0.3, -0.25) is 4.79 Å². The van der Waals surface area contributed by atoms with Crippen molar-refractivity contribution < 1.29 is 21.6 Å². The van der Waals surface area contributed by atoms with Crippen LogP contribution < -0.4 is 5.32 Å². The third kappa shape index (κ3) is 6.98. The highest BCUT2D eigenvalue weighted by molar-refractivity contribution is 7.89. The molecule has 8 nitrogen and oxygen atoms in total. The zero-order valence-electron chi connectivity index (χ0n) is 23.3. The van der Waals surface area contributed by atoms with Crippen molar-refractivity contribution in [1.82, 2.24) is 13.9 Å². The summed E-state index contributed by atoms with van der Waals surface area (Å²) in [6.07, 6.45) is 2.24. The van der Waals surface area contributed by atoms with Crippen molar-refractivity contribution in [2.45, 2.75) is 56.4 Å². The zero-order valence-corrected chi connectivity index (χ0v) is 24.9. The minimum atomic E-state index is -3.96. The number of sulfonamides is 2. The first-order valence-electron chi connectivity index (χ1n) is 13.5. The molecule has 0 aromatic heterocycles. The lowest BCUT2D eigenvalue weighted by molar-refractivity contribution is -0.121. The fourth-order valence-corrected chi connectivity index (χ4v) is 8.50. The highest BCUT2D eigenvalue weighted by atomic mass is 32.2. The van der Waals surface area contributed by atoms with Crippen LogP contribution in [-0.2, 0) is 37.8 Å². The number of hydrogen-bond donors (Lipinski definition) is 1. The molecule has 1 N–H and O–H groups in total. The van der Waals surface area contributed by atoms with E-state index < -0.39 is 26.0 Å². The summed E-state index contributed by atoms with van der Waals surface area (Å²) in [5, 5.41) is 2.83. The lowest BCUT2D eigenvalue weighted by atomic mass is 10.1. The monoisotopic (exact) mass is 583 g/mol. The van der Waals surface area contributed by atoms with E-state index in [0.29, 0.717) is 37.2 Å². The van der Waals surface area contributed by atoms with Crippen molar-refractivity contribution in [1.29, 1.82) is 0 Å². The second-order valence-electron chi connectivity index (χ2n) is 10.3. The van der Waals surface area contributed by atoms with Crippen molar-refractivity contribution in [2.24, 2.45) is 0 Å². The van der Waals surface area contributed by atoms with Gasteiger partial charge in [0.15, 0.2) is 0 Å². The van der Waals surface area contributed by atoms with E-state index in [0.717, 1.165) is 29.5 Å². The summed E-state index contributed by atoms with van der Waals surface area (Å²) in [4.78, 5) is 13.5. The molecule has 10 heteroatoms. The van der Waals surface area contributed by atoms with E-state index in [4.69, 9.17) is 0 Å². The van der Waals surface area contributed by atoms with Crippen LogP contribution in [0.25, 0.3) is 0 Å². The quantitative estimate of drug-likeness (QED) is 0.368. The molecule has 0 spiro atoms. The summed E-state index contributed by atoms with van der Waals surface area (Å²) in [7, 11) is -7.44. The fraction of sp³-hybridized carbons (Fsp3) is 0.367. The summed E-state index contributed by atoms with van der Waals surface area (Å²) >= 11 is 0. The molecule has 3 aromatic rings. The molecule has 0 unspecified atom stereocenters. The van der Waals surface area contributed by atoms with Crippen molar-refractivity contribution >= 4 is 26.0 Å². The smallest absolute Gasteiger partial charge is 0.244 e. The topological polar surface area (TPSA) is 104 Å². The second-order valence-corrected chi connectivity index (χ2v) is 14.2. The minimum absolute atomic E-state index is 0.0658. The van der Waals surface area contributed by atoms with Gasteiger partial charge in [0.05, 0.1) is 16.3 Å². The van der Waals surface area contributed by atoms with Crippen molar-refractivity contribution in [2.75, 3.05) is 26.2 Å². The number of nitrogens with zero attached hydrogens (tertiary/aromatic N) is 2. The molecule has 214 valence electrons. The van der Waals surface area contributed by atoms with Crippen LogP contribution in [0.1, 0.15) is 40.7 Å². The Morgan fingerprint density at radius 1 is 0.850 bits per heavy atom. The molecule has 1 aliphatic heterocycles. The highest BCUT2D eigenvalue weighted by Gasteiger charge is 2.30. The first kappa shape index (κ1) is 29.9. The standard InChI is InChI=1S/C30H37N3O5S2/c1-23-19-24(2)30(25(3)20-23)40(37,38)33(21-27-9-5-4-6-10-27)22-29(34)31-16-15-26-11-13-28(14-12-26)39(35,36)32-17-7-8-18-32/h4-6,9-14,19-20H,7-8,15-18,21-22H2,1-3H3,(H,31,34). The molecule has 0 bridgehead atoms. The van der Waals surface area contributed by atoms with Crippen molar-refractivity contribution in [3.05, 3.63) is 94.5 Å². The number of carbonyl (C=O) groups is 1. The molecule has 0 atom stereocenters. The summed E-state index contributed by atoms with van der Waals surface area (Å²) in [5.74, 6) is -0.407. The van der Waals surface area contributed by atoms with E-state index in [9.17, 15) is 21.6 Å². The van der Waals surface area contributed by atoms with Gasteiger partial charge >= 0.3 is 0 Å². The number of hydrogen-bond acceptors (Lipinski definition) is 5. The predicted octanol–water partition coefficient (Wildman–Crippen LogP) is 3.95. The second kappa shape index (κ2) is 12.6. The van der Waals surface area contributed by atoms with Gasteiger partial charge in [0.25, 0.3) is 0 Å². The van der Waals surface area contributed by atoms with Gasteiger partial charge in [-0.05, 0) is 74.4 Å². The van der Waals surface area contributed by atoms with Crippen LogP contribution in [0.3, 0.4) is 0 Å². The van der Waals surface area contributed by atoms with Crippen LogP contribution in [-0.4, -0.2) is 57.5 Å². The van der Waals surface area contributed by atoms with Crippen LogP contribution in [0, 0.1) is 20.8 Å². The number of carbonyl (C=O) groups excluding carboxylic acids is 1. The van der Waals surface area contributed by atoms with Crippen LogP contribution in [0.2, 0.25) is 0 Å². The van der Waals surface area contributed by atoms with Gasteiger partial charge < -0.3 is 5.32 Å². The van der Waals surface area contributed by atoms with Crippen LogP contribution in [0.5, 0.6) is 0 Å². The maximum Gasteiger partial charge on any atom is 0.244 e. The van der Waals surface area contributed by atoms with E-state index >= 15 is 0 Å². The van der Waals surface area contributed by atoms with Gasteiger partial charge in [0, 0.05) is 26.2 Å². The SMILES string of the molecule is Cc1cc(C)c(S(=O)(=O)N(CC(=O)NCCc2ccc(S(=O)(=O)N3CCCC3)cc2)Cc2ccccc2)c(C)c1. The van der Waals surface area contributed by atoms with Crippen molar-refractivity contribution in [3.8, 4) is 0 Å².